The minimum Gasteiger partial charge on any atom is -0.341 e. The smallest absolute Gasteiger partial charge is 0.253 e. The second-order valence-corrected chi connectivity index (χ2v) is 4.97. The number of hydrogen-bond acceptors (Lipinski definition) is 4. The van der Waals surface area contributed by atoms with Gasteiger partial charge in [0.25, 0.3) is 5.91 Å². The predicted octanol–water partition coefficient (Wildman–Crippen LogP) is 0.159. The van der Waals surface area contributed by atoms with E-state index in [1.165, 1.54) is 18.3 Å². The Morgan fingerprint density at radius 2 is 2.10 bits per heavy atom. The molecule has 0 unspecified atom stereocenters. The molecule has 7 nitrogen and oxygen atoms in total. The summed E-state index contributed by atoms with van der Waals surface area (Å²) >= 11 is 0. The number of H-pyrrole nitrogens is 1. The van der Waals surface area contributed by atoms with Crippen LogP contribution in [0.15, 0.2) is 23.1 Å². The number of aromatic amines is 1. The molecule has 0 spiro atoms. The Balaban J connectivity index is 2.77. The first kappa shape index (κ1) is 16.4. The van der Waals surface area contributed by atoms with Gasteiger partial charge in [0, 0.05) is 12.3 Å². The molecule has 0 bridgehead atoms. The van der Waals surface area contributed by atoms with Gasteiger partial charge in [0.05, 0.1) is 11.6 Å². The van der Waals surface area contributed by atoms with Gasteiger partial charge in [0.15, 0.2) is 0 Å². The van der Waals surface area contributed by atoms with Gasteiger partial charge in [-0.2, -0.15) is 5.26 Å². The van der Waals surface area contributed by atoms with Crippen molar-refractivity contribution < 1.29 is 9.59 Å². The molecule has 1 aromatic heterocycles. The van der Waals surface area contributed by atoms with E-state index in [0.29, 0.717) is 6.42 Å². The molecular formula is C14H18N4O3. The van der Waals surface area contributed by atoms with Crippen molar-refractivity contribution in [3.8, 4) is 6.07 Å². The lowest BCUT2D eigenvalue weighted by Gasteiger charge is -2.19. The Bertz CT molecular complexity index is 580. The molecule has 2 amide bonds. The second-order valence-electron chi connectivity index (χ2n) is 4.97. The van der Waals surface area contributed by atoms with Crippen molar-refractivity contribution in [2.45, 2.75) is 26.3 Å². The van der Waals surface area contributed by atoms with Gasteiger partial charge in [-0.3, -0.25) is 14.4 Å². The zero-order chi connectivity index (χ0) is 15.8. The molecule has 3 N–H and O–H groups in total. The van der Waals surface area contributed by atoms with Crippen LogP contribution in [0, 0.1) is 17.2 Å². The van der Waals surface area contributed by atoms with Gasteiger partial charge in [-0.15, -0.1) is 0 Å². The minimum absolute atomic E-state index is 0.109. The third-order valence-corrected chi connectivity index (χ3v) is 2.72. The molecule has 21 heavy (non-hydrogen) atoms. The van der Waals surface area contributed by atoms with Gasteiger partial charge in [0.1, 0.15) is 12.6 Å². The van der Waals surface area contributed by atoms with Crippen molar-refractivity contribution >= 4 is 11.8 Å². The van der Waals surface area contributed by atoms with Gasteiger partial charge in [-0.05, 0) is 18.4 Å². The number of aromatic nitrogens is 1. The maximum atomic E-state index is 12.0. The monoisotopic (exact) mass is 290 g/mol. The van der Waals surface area contributed by atoms with E-state index in [1.807, 2.05) is 19.9 Å². The molecule has 0 saturated heterocycles. The summed E-state index contributed by atoms with van der Waals surface area (Å²) in [5.41, 5.74) is -0.0477. The molecule has 112 valence electrons. The Kier molecular flexibility index (Phi) is 6.14. The summed E-state index contributed by atoms with van der Waals surface area (Å²) in [4.78, 5) is 37.3. The van der Waals surface area contributed by atoms with Crippen LogP contribution in [0.5, 0.6) is 0 Å². The summed E-state index contributed by atoms with van der Waals surface area (Å²) in [5, 5.41) is 13.5. The highest BCUT2D eigenvalue weighted by Crippen LogP contribution is 2.06. The summed E-state index contributed by atoms with van der Waals surface area (Å²) in [6.45, 7) is 3.75. The quantitative estimate of drug-likeness (QED) is 0.647. The summed E-state index contributed by atoms with van der Waals surface area (Å²) < 4.78 is 0. The molecule has 0 fully saturated rings. The molecule has 0 aliphatic carbocycles. The normalized spacial score (nSPS) is 11.5. The number of carbonyl (C=O) groups excluding carboxylic acids is 2. The first-order chi connectivity index (χ1) is 9.93. The van der Waals surface area contributed by atoms with Gasteiger partial charge in [-0.25, -0.2) is 0 Å². The molecule has 7 heteroatoms. The van der Waals surface area contributed by atoms with Gasteiger partial charge in [0.2, 0.25) is 11.5 Å². The number of nitriles is 1. The van der Waals surface area contributed by atoms with Crippen molar-refractivity contribution in [3.05, 3.63) is 34.2 Å². The molecule has 1 aromatic rings. The molecule has 0 radical (unpaired) electrons. The molecule has 0 aliphatic rings. The molecular weight excluding hydrogens is 272 g/mol. The maximum absolute atomic E-state index is 12.0. The Hall–Kier alpha value is -2.62. The van der Waals surface area contributed by atoms with Crippen LogP contribution in [-0.4, -0.2) is 29.4 Å². The van der Waals surface area contributed by atoms with Crippen LogP contribution in [0.25, 0.3) is 0 Å². The lowest BCUT2D eigenvalue weighted by atomic mass is 10.0. The van der Waals surface area contributed by atoms with Gasteiger partial charge >= 0.3 is 0 Å². The number of nitrogens with zero attached hydrogens (tertiary/aromatic N) is 1. The van der Waals surface area contributed by atoms with E-state index < -0.39 is 17.9 Å². The van der Waals surface area contributed by atoms with Gasteiger partial charge < -0.3 is 15.6 Å². The highest BCUT2D eigenvalue weighted by molar-refractivity contribution is 5.97. The standard InChI is InChI=1S/C14H18N4O3/c1-9(2)7-11(14(21)16-6-5-15)18-13(20)10-3-4-12(19)17-8-10/h3-4,8-9,11H,6-7H2,1-2H3,(H,16,21)(H,17,19)(H,18,20)/t11-/m0/s1. The van der Waals surface area contributed by atoms with E-state index >= 15 is 0 Å². The lowest BCUT2D eigenvalue weighted by Crippen LogP contribution is -2.47. The highest BCUT2D eigenvalue weighted by atomic mass is 16.2. The number of pyridine rings is 1. The van der Waals surface area contributed by atoms with Crippen LogP contribution in [0.4, 0.5) is 0 Å². The molecule has 1 atom stereocenters. The van der Waals surface area contributed by atoms with E-state index in [0.717, 1.165) is 0 Å². The number of amides is 2. The second kappa shape index (κ2) is 7.85. The topological polar surface area (TPSA) is 115 Å². The Morgan fingerprint density at radius 1 is 1.38 bits per heavy atom. The summed E-state index contributed by atoms with van der Waals surface area (Å²) in [6, 6.07) is 3.71. The van der Waals surface area contributed by atoms with Crippen molar-refractivity contribution in [2.24, 2.45) is 5.92 Å². The number of hydrogen-bond donors (Lipinski definition) is 3. The Labute approximate surface area is 122 Å². The molecule has 0 aliphatic heterocycles. The fraction of sp³-hybridized carbons (Fsp3) is 0.429. The molecule has 1 rings (SSSR count). The van der Waals surface area contributed by atoms with Crippen LogP contribution in [0.3, 0.4) is 0 Å². The lowest BCUT2D eigenvalue weighted by molar-refractivity contribution is -0.123. The molecule has 0 aromatic carbocycles. The summed E-state index contributed by atoms with van der Waals surface area (Å²) in [6.07, 6.45) is 1.74. The first-order valence-corrected chi connectivity index (χ1v) is 6.58. The van der Waals surface area contributed by atoms with Crippen molar-refractivity contribution in [1.29, 1.82) is 5.26 Å². The van der Waals surface area contributed by atoms with E-state index in [1.54, 1.807) is 0 Å². The number of nitrogens with one attached hydrogen (secondary N) is 3. The van der Waals surface area contributed by atoms with Crippen LogP contribution in [0.1, 0.15) is 30.6 Å². The van der Waals surface area contributed by atoms with Crippen LogP contribution >= 0.6 is 0 Å². The zero-order valence-corrected chi connectivity index (χ0v) is 12.0. The van der Waals surface area contributed by atoms with E-state index in [2.05, 4.69) is 15.6 Å². The Morgan fingerprint density at radius 3 is 2.62 bits per heavy atom. The zero-order valence-electron chi connectivity index (χ0n) is 12.0. The highest BCUT2D eigenvalue weighted by Gasteiger charge is 2.22. The van der Waals surface area contributed by atoms with E-state index in [4.69, 9.17) is 5.26 Å². The minimum atomic E-state index is -0.724. The molecule has 1 heterocycles. The van der Waals surface area contributed by atoms with Crippen LogP contribution < -0.4 is 16.2 Å². The maximum Gasteiger partial charge on any atom is 0.253 e. The van der Waals surface area contributed by atoms with Crippen molar-refractivity contribution in [3.63, 3.8) is 0 Å². The fourth-order valence-corrected chi connectivity index (χ4v) is 1.75. The van der Waals surface area contributed by atoms with Crippen LogP contribution in [-0.2, 0) is 4.79 Å². The predicted molar refractivity (Wildman–Crippen MR) is 76.4 cm³/mol. The molecule has 0 saturated carbocycles. The van der Waals surface area contributed by atoms with E-state index in [9.17, 15) is 14.4 Å². The summed E-state index contributed by atoms with van der Waals surface area (Å²) in [5.74, 6) is -0.661. The van der Waals surface area contributed by atoms with Crippen molar-refractivity contribution in [2.75, 3.05) is 6.54 Å². The third kappa shape index (κ3) is 5.48. The SMILES string of the molecule is CC(C)C[C@H](NC(=O)c1ccc(=O)[nH]c1)C(=O)NCC#N. The average Bonchev–Trinajstić information content (AvgIpc) is 2.44. The summed E-state index contributed by atoms with van der Waals surface area (Å²) in [7, 11) is 0. The largest absolute Gasteiger partial charge is 0.341 e. The van der Waals surface area contributed by atoms with E-state index in [-0.39, 0.29) is 23.6 Å². The fourth-order valence-electron chi connectivity index (χ4n) is 1.75. The number of rotatable bonds is 6. The van der Waals surface area contributed by atoms with Crippen LogP contribution in [0.2, 0.25) is 0 Å². The first-order valence-electron chi connectivity index (χ1n) is 6.58. The van der Waals surface area contributed by atoms with Crippen molar-refractivity contribution in [1.82, 2.24) is 15.6 Å². The van der Waals surface area contributed by atoms with Gasteiger partial charge in [-0.1, -0.05) is 13.8 Å². The number of carbonyl (C=O) groups is 2. The average molecular weight is 290 g/mol. The third-order valence-electron chi connectivity index (χ3n) is 2.72.